The van der Waals surface area contributed by atoms with Gasteiger partial charge in [-0.1, -0.05) is 6.08 Å². The molecule has 0 bridgehead atoms. The Balaban J connectivity index is 2.26. The standard InChI is InChI=1S/C13H20N2O2/c1-3-5-12(14)13(16)15-10(2)7-8-11-6-4-9-17-11/h3-4,6,9-10,12H,1,5,7-8,14H2,2H3,(H,15,16). The molecular formula is C13H20N2O2. The van der Waals surface area contributed by atoms with Crippen molar-refractivity contribution in [3.63, 3.8) is 0 Å². The maximum absolute atomic E-state index is 11.6. The van der Waals surface area contributed by atoms with Gasteiger partial charge in [-0.15, -0.1) is 6.58 Å². The fraction of sp³-hybridized carbons (Fsp3) is 0.462. The van der Waals surface area contributed by atoms with Gasteiger partial charge in [0.15, 0.2) is 0 Å². The molecule has 0 saturated carbocycles. The maximum Gasteiger partial charge on any atom is 0.237 e. The van der Waals surface area contributed by atoms with E-state index in [1.807, 2.05) is 19.1 Å². The third kappa shape index (κ3) is 4.87. The average Bonchev–Trinajstić information content (AvgIpc) is 2.79. The Labute approximate surface area is 102 Å². The van der Waals surface area contributed by atoms with Gasteiger partial charge in [-0.3, -0.25) is 4.79 Å². The van der Waals surface area contributed by atoms with Crippen LogP contribution in [0.15, 0.2) is 35.5 Å². The second-order valence-corrected chi connectivity index (χ2v) is 4.16. The smallest absolute Gasteiger partial charge is 0.237 e. The highest BCUT2D eigenvalue weighted by molar-refractivity contribution is 5.81. The molecule has 1 rings (SSSR count). The van der Waals surface area contributed by atoms with E-state index in [1.54, 1.807) is 12.3 Å². The lowest BCUT2D eigenvalue weighted by molar-refractivity contribution is -0.122. The number of rotatable bonds is 7. The second kappa shape index (κ2) is 6.91. The van der Waals surface area contributed by atoms with E-state index in [9.17, 15) is 4.79 Å². The molecule has 0 radical (unpaired) electrons. The Morgan fingerprint density at radius 3 is 3.06 bits per heavy atom. The summed E-state index contributed by atoms with van der Waals surface area (Å²) in [7, 11) is 0. The van der Waals surface area contributed by atoms with E-state index in [2.05, 4.69) is 11.9 Å². The number of aryl methyl sites for hydroxylation is 1. The molecule has 0 aliphatic rings. The molecule has 0 saturated heterocycles. The number of carbonyl (C=O) groups is 1. The van der Waals surface area contributed by atoms with Crippen LogP contribution in [0.25, 0.3) is 0 Å². The summed E-state index contributed by atoms with van der Waals surface area (Å²) in [5, 5.41) is 2.87. The van der Waals surface area contributed by atoms with Crippen LogP contribution in [-0.4, -0.2) is 18.0 Å². The fourth-order valence-corrected chi connectivity index (χ4v) is 1.52. The van der Waals surface area contributed by atoms with Crippen molar-refractivity contribution in [2.24, 2.45) is 5.73 Å². The number of carbonyl (C=O) groups excluding carboxylic acids is 1. The molecule has 17 heavy (non-hydrogen) atoms. The summed E-state index contributed by atoms with van der Waals surface area (Å²) in [5.41, 5.74) is 5.66. The number of nitrogens with one attached hydrogen (secondary N) is 1. The first-order chi connectivity index (χ1) is 8.13. The molecule has 0 aliphatic carbocycles. The van der Waals surface area contributed by atoms with Gasteiger partial charge in [0.05, 0.1) is 12.3 Å². The van der Waals surface area contributed by atoms with Gasteiger partial charge in [-0.25, -0.2) is 0 Å². The minimum Gasteiger partial charge on any atom is -0.469 e. The minimum absolute atomic E-state index is 0.0865. The molecule has 2 atom stereocenters. The highest BCUT2D eigenvalue weighted by Crippen LogP contribution is 2.05. The first-order valence-electron chi connectivity index (χ1n) is 5.82. The molecule has 0 aliphatic heterocycles. The molecular weight excluding hydrogens is 216 g/mol. The van der Waals surface area contributed by atoms with E-state index in [1.165, 1.54) is 0 Å². The van der Waals surface area contributed by atoms with Gasteiger partial charge in [0.1, 0.15) is 5.76 Å². The minimum atomic E-state index is -0.501. The summed E-state index contributed by atoms with van der Waals surface area (Å²) in [6.07, 6.45) is 5.44. The van der Waals surface area contributed by atoms with Gasteiger partial charge >= 0.3 is 0 Å². The number of furan rings is 1. The third-order valence-corrected chi connectivity index (χ3v) is 2.55. The fourth-order valence-electron chi connectivity index (χ4n) is 1.52. The molecule has 1 amide bonds. The summed E-state index contributed by atoms with van der Waals surface area (Å²) in [6.45, 7) is 5.52. The van der Waals surface area contributed by atoms with Crippen molar-refractivity contribution in [3.8, 4) is 0 Å². The van der Waals surface area contributed by atoms with Crippen LogP contribution in [0.1, 0.15) is 25.5 Å². The molecule has 0 fully saturated rings. The predicted octanol–water partition coefficient (Wildman–Crippen LogP) is 1.62. The molecule has 1 aromatic rings. The van der Waals surface area contributed by atoms with E-state index in [-0.39, 0.29) is 11.9 Å². The van der Waals surface area contributed by atoms with E-state index in [4.69, 9.17) is 10.2 Å². The van der Waals surface area contributed by atoms with Crippen molar-refractivity contribution in [2.75, 3.05) is 0 Å². The van der Waals surface area contributed by atoms with Gasteiger partial charge in [-0.05, 0) is 31.9 Å². The number of nitrogens with two attached hydrogens (primary N) is 1. The lowest BCUT2D eigenvalue weighted by atomic mass is 10.1. The van der Waals surface area contributed by atoms with Crippen LogP contribution >= 0.6 is 0 Å². The Hall–Kier alpha value is -1.55. The third-order valence-electron chi connectivity index (χ3n) is 2.55. The SMILES string of the molecule is C=CCC(N)C(=O)NC(C)CCc1ccco1. The normalized spacial score (nSPS) is 14.0. The molecule has 4 nitrogen and oxygen atoms in total. The number of amides is 1. The van der Waals surface area contributed by atoms with Crippen molar-refractivity contribution < 1.29 is 9.21 Å². The highest BCUT2D eigenvalue weighted by Gasteiger charge is 2.14. The lowest BCUT2D eigenvalue weighted by Crippen LogP contribution is -2.44. The van der Waals surface area contributed by atoms with Crippen LogP contribution in [0.5, 0.6) is 0 Å². The van der Waals surface area contributed by atoms with Crippen molar-refractivity contribution in [3.05, 3.63) is 36.8 Å². The Morgan fingerprint density at radius 2 is 2.47 bits per heavy atom. The zero-order chi connectivity index (χ0) is 12.7. The van der Waals surface area contributed by atoms with Crippen molar-refractivity contribution >= 4 is 5.91 Å². The van der Waals surface area contributed by atoms with Crippen LogP contribution < -0.4 is 11.1 Å². The largest absolute Gasteiger partial charge is 0.469 e. The van der Waals surface area contributed by atoms with Crippen molar-refractivity contribution in [1.82, 2.24) is 5.32 Å². The number of hydrogen-bond acceptors (Lipinski definition) is 3. The predicted molar refractivity (Wildman–Crippen MR) is 67.4 cm³/mol. The van der Waals surface area contributed by atoms with Crippen LogP contribution in [0.2, 0.25) is 0 Å². The van der Waals surface area contributed by atoms with Crippen LogP contribution in [0, 0.1) is 0 Å². The summed E-state index contributed by atoms with van der Waals surface area (Å²) in [5.74, 6) is 0.804. The topological polar surface area (TPSA) is 68.3 Å². The van der Waals surface area contributed by atoms with Gasteiger partial charge in [0, 0.05) is 12.5 Å². The zero-order valence-corrected chi connectivity index (χ0v) is 10.2. The van der Waals surface area contributed by atoms with Gasteiger partial charge in [0.2, 0.25) is 5.91 Å². The van der Waals surface area contributed by atoms with E-state index >= 15 is 0 Å². The lowest BCUT2D eigenvalue weighted by Gasteiger charge is -2.16. The molecule has 2 unspecified atom stereocenters. The van der Waals surface area contributed by atoms with E-state index < -0.39 is 6.04 Å². The summed E-state index contributed by atoms with van der Waals surface area (Å²) >= 11 is 0. The monoisotopic (exact) mass is 236 g/mol. The quantitative estimate of drug-likeness (QED) is 0.707. The molecule has 3 N–H and O–H groups in total. The van der Waals surface area contributed by atoms with Crippen molar-refractivity contribution in [2.45, 2.75) is 38.3 Å². The summed E-state index contributed by atoms with van der Waals surface area (Å²) < 4.78 is 5.22. The van der Waals surface area contributed by atoms with Gasteiger partial charge in [-0.2, -0.15) is 0 Å². The van der Waals surface area contributed by atoms with Crippen LogP contribution in [0.4, 0.5) is 0 Å². The Morgan fingerprint density at radius 1 is 1.71 bits per heavy atom. The maximum atomic E-state index is 11.6. The Bertz CT molecular complexity index is 346. The summed E-state index contributed by atoms with van der Waals surface area (Å²) in [6, 6.07) is 3.37. The molecule has 0 spiro atoms. The second-order valence-electron chi connectivity index (χ2n) is 4.16. The Kier molecular flexibility index (Phi) is 5.49. The molecule has 0 aromatic carbocycles. The van der Waals surface area contributed by atoms with Gasteiger partial charge in [0.25, 0.3) is 0 Å². The van der Waals surface area contributed by atoms with Crippen molar-refractivity contribution in [1.29, 1.82) is 0 Å². The molecule has 94 valence electrons. The van der Waals surface area contributed by atoms with Crippen LogP contribution in [-0.2, 0) is 11.2 Å². The van der Waals surface area contributed by atoms with Gasteiger partial charge < -0.3 is 15.5 Å². The van der Waals surface area contributed by atoms with Crippen LogP contribution in [0.3, 0.4) is 0 Å². The summed E-state index contributed by atoms with van der Waals surface area (Å²) in [4.78, 5) is 11.6. The van der Waals surface area contributed by atoms with E-state index in [0.717, 1.165) is 18.6 Å². The number of hydrogen-bond donors (Lipinski definition) is 2. The molecule has 1 aromatic heterocycles. The molecule has 1 heterocycles. The molecule has 4 heteroatoms. The average molecular weight is 236 g/mol. The zero-order valence-electron chi connectivity index (χ0n) is 10.2. The first-order valence-corrected chi connectivity index (χ1v) is 5.82. The highest BCUT2D eigenvalue weighted by atomic mass is 16.3. The first kappa shape index (κ1) is 13.5. The van der Waals surface area contributed by atoms with E-state index in [0.29, 0.717) is 6.42 Å².